The van der Waals surface area contributed by atoms with Gasteiger partial charge in [0.25, 0.3) is 0 Å². The molecule has 0 saturated carbocycles. The fraction of sp³-hybridized carbons (Fsp3) is 0.0526. The summed E-state index contributed by atoms with van der Waals surface area (Å²) in [7, 11) is 0. The van der Waals surface area contributed by atoms with Crippen LogP contribution in [-0.2, 0) is 5.41 Å². The number of benzene rings is 9. The summed E-state index contributed by atoms with van der Waals surface area (Å²) >= 11 is 1.86. The first kappa shape index (κ1) is 35.2. The Labute approximate surface area is 350 Å². The van der Waals surface area contributed by atoms with Gasteiger partial charge in [0.2, 0.25) is 0 Å². The molecule has 9 aromatic carbocycles. The number of rotatable bonds is 7. The van der Waals surface area contributed by atoms with Gasteiger partial charge in [0.05, 0.1) is 5.69 Å². The van der Waals surface area contributed by atoms with Crippen LogP contribution in [0, 0.1) is 0 Å². The van der Waals surface area contributed by atoms with Crippen LogP contribution in [0.5, 0.6) is 0 Å². The van der Waals surface area contributed by atoms with Gasteiger partial charge in [0.15, 0.2) is 0 Å². The number of hydrogen-bond acceptors (Lipinski definition) is 2. The molecule has 0 radical (unpaired) electrons. The van der Waals surface area contributed by atoms with Gasteiger partial charge in [-0.1, -0.05) is 178 Å². The Morgan fingerprint density at radius 2 is 0.949 bits per heavy atom. The standard InChI is InChI=1S/C57H41NS/c1-57(2)51-24-12-9-22-48(51)56-47(23-15-25-52(56)57)45-20-10-13-26-53(45)58(43-33-34-44(39-16-5-3-6-17-39)49(37-43)40-18-7-4-8-19-40)42-31-28-38(29-32-42)41-30-35-55-50(36-41)46-21-11-14-27-54(46)59-55/h3-37H,1-2H3. The number of anilines is 3. The van der Waals surface area contributed by atoms with Crippen molar-refractivity contribution in [3.63, 3.8) is 0 Å². The Morgan fingerprint density at radius 3 is 1.75 bits per heavy atom. The van der Waals surface area contributed by atoms with Gasteiger partial charge in [0.1, 0.15) is 0 Å². The van der Waals surface area contributed by atoms with Crippen molar-refractivity contribution in [1.29, 1.82) is 0 Å². The Bertz CT molecular complexity index is 3170. The maximum atomic E-state index is 2.46. The molecule has 1 aromatic heterocycles. The topological polar surface area (TPSA) is 3.24 Å². The van der Waals surface area contributed by atoms with Crippen LogP contribution >= 0.6 is 11.3 Å². The fourth-order valence-corrected chi connectivity index (χ4v) is 10.5. The molecular weight excluding hydrogens is 731 g/mol. The molecular formula is C57H41NS. The van der Waals surface area contributed by atoms with E-state index in [0.717, 1.165) is 17.1 Å². The van der Waals surface area contributed by atoms with Gasteiger partial charge in [-0.3, -0.25) is 0 Å². The summed E-state index contributed by atoms with van der Waals surface area (Å²) in [4.78, 5) is 2.46. The average molecular weight is 772 g/mol. The van der Waals surface area contributed by atoms with E-state index < -0.39 is 0 Å². The summed E-state index contributed by atoms with van der Waals surface area (Å²) in [5.41, 5.74) is 18.3. The van der Waals surface area contributed by atoms with E-state index in [2.05, 4.69) is 231 Å². The Morgan fingerprint density at radius 1 is 0.356 bits per heavy atom. The van der Waals surface area contributed by atoms with Crippen LogP contribution in [0.15, 0.2) is 212 Å². The SMILES string of the molecule is CC1(C)c2ccccc2-c2c(-c3ccccc3N(c3ccc(-c4ccc5sc6ccccc6c5c4)cc3)c3ccc(-c4ccccc4)c(-c4ccccc4)c3)cccc21. The van der Waals surface area contributed by atoms with Crippen LogP contribution < -0.4 is 4.90 Å². The summed E-state index contributed by atoms with van der Waals surface area (Å²) in [5.74, 6) is 0. The average Bonchev–Trinajstić information content (AvgIpc) is 3.79. The molecule has 0 saturated heterocycles. The predicted octanol–water partition coefficient (Wildman–Crippen LogP) is 16.5. The van der Waals surface area contributed by atoms with E-state index in [1.54, 1.807) is 0 Å². The summed E-state index contributed by atoms with van der Waals surface area (Å²) in [5, 5.41) is 2.63. The van der Waals surface area contributed by atoms with Crippen molar-refractivity contribution in [2.24, 2.45) is 0 Å². The normalized spacial score (nSPS) is 12.7. The van der Waals surface area contributed by atoms with Crippen LogP contribution in [0.4, 0.5) is 17.1 Å². The van der Waals surface area contributed by atoms with E-state index >= 15 is 0 Å². The molecule has 0 spiro atoms. The van der Waals surface area contributed by atoms with Gasteiger partial charge in [-0.2, -0.15) is 0 Å². The number of thiophene rings is 1. The minimum absolute atomic E-state index is 0.0947. The Balaban J connectivity index is 1.11. The maximum absolute atomic E-state index is 2.46. The molecule has 1 aliphatic rings. The number of nitrogens with zero attached hydrogens (tertiary/aromatic N) is 1. The summed E-state index contributed by atoms with van der Waals surface area (Å²) < 4.78 is 2.65. The Kier molecular flexibility index (Phi) is 8.43. The first-order chi connectivity index (χ1) is 29.0. The molecule has 2 heteroatoms. The van der Waals surface area contributed by atoms with Crippen LogP contribution in [0.25, 0.3) is 75.8 Å². The molecule has 59 heavy (non-hydrogen) atoms. The highest BCUT2D eigenvalue weighted by Gasteiger charge is 2.37. The minimum Gasteiger partial charge on any atom is -0.310 e. The van der Waals surface area contributed by atoms with Crippen molar-refractivity contribution in [3.05, 3.63) is 223 Å². The zero-order valence-electron chi connectivity index (χ0n) is 33.1. The molecule has 11 rings (SSSR count). The molecule has 1 heterocycles. The van der Waals surface area contributed by atoms with Crippen molar-refractivity contribution >= 4 is 48.6 Å². The summed E-state index contributed by atoms with van der Waals surface area (Å²) in [6.45, 7) is 4.72. The second-order valence-electron chi connectivity index (χ2n) is 16.1. The lowest BCUT2D eigenvalue weighted by Gasteiger charge is -2.29. The van der Waals surface area contributed by atoms with Gasteiger partial charge in [-0.05, 0) is 110 Å². The third kappa shape index (κ3) is 5.91. The van der Waals surface area contributed by atoms with E-state index in [1.165, 1.54) is 86.9 Å². The largest absolute Gasteiger partial charge is 0.310 e. The van der Waals surface area contributed by atoms with E-state index in [4.69, 9.17) is 0 Å². The predicted molar refractivity (Wildman–Crippen MR) is 253 cm³/mol. The van der Waals surface area contributed by atoms with Crippen LogP contribution in [0.3, 0.4) is 0 Å². The first-order valence-electron chi connectivity index (χ1n) is 20.4. The lowest BCUT2D eigenvalue weighted by molar-refractivity contribution is 0.660. The lowest BCUT2D eigenvalue weighted by Crippen LogP contribution is -2.15. The van der Waals surface area contributed by atoms with E-state index in [-0.39, 0.29) is 5.41 Å². The van der Waals surface area contributed by atoms with Crippen LogP contribution in [0.1, 0.15) is 25.0 Å². The molecule has 0 fully saturated rings. The second kappa shape index (κ2) is 14.1. The third-order valence-electron chi connectivity index (χ3n) is 12.3. The quantitative estimate of drug-likeness (QED) is 0.156. The van der Waals surface area contributed by atoms with E-state index in [1.807, 2.05) is 11.3 Å². The van der Waals surface area contributed by atoms with Gasteiger partial charge in [0, 0.05) is 42.5 Å². The molecule has 10 aromatic rings. The number of fused-ring (bicyclic) bond motifs is 6. The van der Waals surface area contributed by atoms with Crippen molar-refractivity contribution < 1.29 is 0 Å². The summed E-state index contributed by atoms with van der Waals surface area (Å²) in [6, 6.07) is 78.1. The smallest absolute Gasteiger partial charge is 0.0540 e. The molecule has 1 aliphatic carbocycles. The molecule has 1 nitrogen and oxygen atoms in total. The molecule has 0 amide bonds. The highest BCUT2D eigenvalue weighted by molar-refractivity contribution is 7.25. The van der Waals surface area contributed by atoms with Gasteiger partial charge < -0.3 is 4.90 Å². The van der Waals surface area contributed by atoms with E-state index in [9.17, 15) is 0 Å². The zero-order chi connectivity index (χ0) is 39.5. The zero-order valence-corrected chi connectivity index (χ0v) is 33.9. The molecule has 0 unspecified atom stereocenters. The highest BCUT2D eigenvalue weighted by atomic mass is 32.1. The van der Waals surface area contributed by atoms with Gasteiger partial charge in [-0.15, -0.1) is 11.3 Å². The van der Waals surface area contributed by atoms with Gasteiger partial charge >= 0.3 is 0 Å². The third-order valence-corrected chi connectivity index (χ3v) is 13.5. The van der Waals surface area contributed by atoms with Crippen molar-refractivity contribution in [3.8, 4) is 55.6 Å². The number of para-hydroxylation sites is 1. The Hall–Kier alpha value is -7.00. The van der Waals surface area contributed by atoms with E-state index in [0.29, 0.717) is 0 Å². The maximum Gasteiger partial charge on any atom is 0.0540 e. The second-order valence-corrected chi connectivity index (χ2v) is 17.2. The van der Waals surface area contributed by atoms with Crippen molar-refractivity contribution in [2.75, 3.05) is 4.90 Å². The highest BCUT2D eigenvalue weighted by Crippen LogP contribution is 2.54. The lowest BCUT2D eigenvalue weighted by atomic mass is 9.82. The first-order valence-corrected chi connectivity index (χ1v) is 21.2. The molecule has 0 N–H and O–H groups in total. The van der Waals surface area contributed by atoms with Crippen LogP contribution in [-0.4, -0.2) is 0 Å². The summed E-state index contributed by atoms with van der Waals surface area (Å²) in [6.07, 6.45) is 0. The van der Waals surface area contributed by atoms with Crippen molar-refractivity contribution in [2.45, 2.75) is 19.3 Å². The van der Waals surface area contributed by atoms with Crippen molar-refractivity contribution in [1.82, 2.24) is 0 Å². The monoisotopic (exact) mass is 771 g/mol. The van der Waals surface area contributed by atoms with Crippen LogP contribution in [0.2, 0.25) is 0 Å². The molecule has 280 valence electrons. The van der Waals surface area contributed by atoms with Gasteiger partial charge in [-0.25, -0.2) is 0 Å². The molecule has 0 atom stereocenters. The number of hydrogen-bond donors (Lipinski definition) is 0. The molecule has 0 bridgehead atoms. The molecule has 0 aliphatic heterocycles. The fourth-order valence-electron chi connectivity index (χ4n) is 9.41. The minimum atomic E-state index is -0.0947.